The van der Waals surface area contributed by atoms with Crippen molar-refractivity contribution in [2.24, 2.45) is 5.92 Å². The molecule has 0 aliphatic carbocycles. The molecule has 0 fully saturated rings. The fraction of sp³-hybridized carbons (Fsp3) is 0.562. The van der Waals surface area contributed by atoms with Crippen molar-refractivity contribution in [1.82, 2.24) is 5.32 Å². The Bertz CT molecular complexity index is 401. The highest BCUT2D eigenvalue weighted by Gasteiger charge is 2.07. The van der Waals surface area contributed by atoms with E-state index in [9.17, 15) is 9.90 Å². The molecule has 0 aliphatic heterocycles. The van der Waals surface area contributed by atoms with Gasteiger partial charge in [0.15, 0.2) is 0 Å². The molecule has 0 spiro atoms. The zero-order valence-electron chi connectivity index (χ0n) is 12.6. The van der Waals surface area contributed by atoms with Crippen LogP contribution in [0, 0.1) is 5.92 Å². The van der Waals surface area contributed by atoms with Gasteiger partial charge in [0.25, 0.3) is 0 Å². The van der Waals surface area contributed by atoms with Gasteiger partial charge in [0.2, 0.25) is 5.91 Å². The van der Waals surface area contributed by atoms with Crippen LogP contribution in [0.5, 0.6) is 5.75 Å². The summed E-state index contributed by atoms with van der Waals surface area (Å²) in [5.74, 6) is 0.613. The number of benzene rings is 1. The number of carbonyl (C=O) groups is 1. The first-order valence-corrected chi connectivity index (χ1v) is 7.13. The smallest absolute Gasteiger partial charge is 0.220 e. The van der Waals surface area contributed by atoms with Crippen molar-refractivity contribution in [2.75, 3.05) is 13.2 Å². The molecule has 2 N–H and O–H groups in total. The van der Waals surface area contributed by atoms with Crippen LogP contribution in [0.15, 0.2) is 24.3 Å². The van der Waals surface area contributed by atoms with Gasteiger partial charge in [-0.1, -0.05) is 19.1 Å². The fourth-order valence-electron chi connectivity index (χ4n) is 1.71. The van der Waals surface area contributed by atoms with E-state index in [2.05, 4.69) is 12.2 Å². The Labute approximate surface area is 121 Å². The normalized spacial score (nSPS) is 12.4. The molecule has 1 unspecified atom stereocenters. The maximum Gasteiger partial charge on any atom is 0.220 e. The minimum Gasteiger partial charge on any atom is -0.508 e. The first kappa shape index (κ1) is 16.5. The van der Waals surface area contributed by atoms with E-state index < -0.39 is 0 Å². The highest BCUT2D eigenvalue weighted by Crippen LogP contribution is 2.11. The lowest BCUT2D eigenvalue weighted by atomic mass is 10.1. The fourth-order valence-corrected chi connectivity index (χ4v) is 1.71. The maximum absolute atomic E-state index is 11.7. The van der Waals surface area contributed by atoms with E-state index in [1.165, 1.54) is 0 Å². The quantitative estimate of drug-likeness (QED) is 0.768. The number of phenols is 1. The minimum absolute atomic E-state index is 0.0504. The van der Waals surface area contributed by atoms with E-state index in [0.717, 1.165) is 5.56 Å². The van der Waals surface area contributed by atoms with Crippen molar-refractivity contribution in [3.05, 3.63) is 29.8 Å². The van der Waals surface area contributed by atoms with Crippen molar-refractivity contribution in [1.29, 1.82) is 0 Å². The molecule has 0 radical (unpaired) electrons. The van der Waals surface area contributed by atoms with E-state index >= 15 is 0 Å². The highest BCUT2D eigenvalue weighted by molar-refractivity contribution is 5.76. The molecule has 0 aliphatic rings. The number of aromatic hydroxyl groups is 1. The number of hydrogen-bond donors (Lipinski definition) is 2. The summed E-state index contributed by atoms with van der Waals surface area (Å²) in [6.07, 6.45) is 1.37. The monoisotopic (exact) mass is 279 g/mol. The van der Waals surface area contributed by atoms with E-state index in [1.54, 1.807) is 12.1 Å². The number of ether oxygens (including phenoxy) is 1. The van der Waals surface area contributed by atoms with Gasteiger partial charge in [-0.2, -0.15) is 0 Å². The van der Waals surface area contributed by atoms with Gasteiger partial charge >= 0.3 is 0 Å². The third-order valence-electron chi connectivity index (χ3n) is 2.94. The number of aryl methyl sites for hydroxylation is 1. The molecule has 1 atom stereocenters. The summed E-state index contributed by atoms with van der Waals surface area (Å²) < 4.78 is 5.50. The zero-order chi connectivity index (χ0) is 15.0. The first-order chi connectivity index (χ1) is 9.47. The predicted molar refractivity (Wildman–Crippen MR) is 79.7 cm³/mol. The van der Waals surface area contributed by atoms with Crippen molar-refractivity contribution < 1.29 is 14.6 Å². The lowest BCUT2D eigenvalue weighted by molar-refractivity contribution is -0.121. The Kier molecular flexibility index (Phi) is 7.09. The molecule has 0 aromatic heterocycles. The number of hydrogen-bond acceptors (Lipinski definition) is 3. The number of phenolic OH excluding ortho intramolecular Hbond substituents is 1. The van der Waals surface area contributed by atoms with Gasteiger partial charge < -0.3 is 15.2 Å². The summed E-state index contributed by atoms with van der Waals surface area (Å²) in [6.45, 7) is 7.37. The van der Waals surface area contributed by atoms with Crippen LogP contribution in [-0.2, 0) is 16.0 Å². The molecule has 0 heterocycles. The number of amides is 1. The van der Waals surface area contributed by atoms with Gasteiger partial charge in [-0.15, -0.1) is 0 Å². The molecular formula is C16H25NO3. The lowest BCUT2D eigenvalue weighted by Gasteiger charge is -2.15. The molecule has 1 amide bonds. The molecule has 0 saturated heterocycles. The Morgan fingerprint density at radius 3 is 2.50 bits per heavy atom. The number of carbonyl (C=O) groups excluding carboxylic acids is 1. The second-order valence-electron chi connectivity index (χ2n) is 5.46. The van der Waals surface area contributed by atoms with E-state index in [1.807, 2.05) is 26.0 Å². The molecule has 1 rings (SSSR count). The van der Waals surface area contributed by atoms with Crippen LogP contribution in [0.4, 0.5) is 0 Å². The van der Waals surface area contributed by atoms with Crippen LogP contribution in [0.1, 0.15) is 32.8 Å². The molecule has 0 saturated carbocycles. The SMILES string of the molecule is CC(CNC(=O)CCc1ccc(O)cc1)COC(C)C. The number of rotatable bonds is 8. The summed E-state index contributed by atoms with van der Waals surface area (Å²) in [5.41, 5.74) is 1.05. The van der Waals surface area contributed by atoms with Crippen LogP contribution in [0.2, 0.25) is 0 Å². The highest BCUT2D eigenvalue weighted by atomic mass is 16.5. The predicted octanol–water partition coefficient (Wildman–Crippen LogP) is 2.50. The van der Waals surface area contributed by atoms with Crippen LogP contribution < -0.4 is 5.32 Å². The zero-order valence-corrected chi connectivity index (χ0v) is 12.6. The van der Waals surface area contributed by atoms with E-state index in [4.69, 9.17) is 4.74 Å². The van der Waals surface area contributed by atoms with Crippen LogP contribution in [0.25, 0.3) is 0 Å². The Morgan fingerprint density at radius 2 is 1.90 bits per heavy atom. The molecule has 112 valence electrons. The second kappa shape index (κ2) is 8.59. The maximum atomic E-state index is 11.7. The molecule has 20 heavy (non-hydrogen) atoms. The van der Waals surface area contributed by atoms with E-state index in [0.29, 0.717) is 31.9 Å². The van der Waals surface area contributed by atoms with Crippen LogP contribution >= 0.6 is 0 Å². The Morgan fingerprint density at radius 1 is 1.25 bits per heavy atom. The van der Waals surface area contributed by atoms with Gasteiger partial charge in [-0.05, 0) is 43.9 Å². The largest absolute Gasteiger partial charge is 0.508 e. The van der Waals surface area contributed by atoms with Gasteiger partial charge in [0, 0.05) is 13.0 Å². The topological polar surface area (TPSA) is 58.6 Å². The van der Waals surface area contributed by atoms with Crippen molar-refractivity contribution >= 4 is 5.91 Å². The minimum atomic E-state index is 0.0504. The Hall–Kier alpha value is -1.55. The molecule has 0 bridgehead atoms. The lowest BCUT2D eigenvalue weighted by Crippen LogP contribution is -2.30. The van der Waals surface area contributed by atoms with Gasteiger partial charge in [-0.25, -0.2) is 0 Å². The van der Waals surface area contributed by atoms with Crippen LogP contribution in [0.3, 0.4) is 0 Å². The molecule has 1 aromatic rings. The third-order valence-corrected chi connectivity index (χ3v) is 2.94. The summed E-state index contributed by atoms with van der Waals surface area (Å²) in [7, 11) is 0. The molecule has 1 aromatic carbocycles. The molecular weight excluding hydrogens is 254 g/mol. The first-order valence-electron chi connectivity index (χ1n) is 7.13. The summed E-state index contributed by atoms with van der Waals surface area (Å²) in [5, 5.41) is 12.1. The standard InChI is InChI=1S/C16H25NO3/c1-12(2)20-11-13(3)10-17-16(19)9-6-14-4-7-15(18)8-5-14/h4-5,7-8,12-13,18H,6,9-11H2,1-3H3,(H,17,19). The summed E-state index contributed by atoms with van der Waals surface area (Å²) in [6, 6.07) is 6.95. The average Bonchev–Trinajstić information content (AvgIpc) is 2.42. The van der Waals surface area contributed by atoms with Crippen molar-refractivity contribution in [2.45, 2.75) is 39.7 Å². The Balaban J connectivity index is 2.18. The molecule has 4 heteroatoms. The summed E-state index contributed by atoms with van der Waals surface area (Å²) >= 11 is 0. The van der Waals surface area contributed by atoms with Crippen LogP contribution in [-0.4, -0.2) is 30.3 Å². The second-order valence-corrected chi connectivity index (χ2v) is 5.46. The third kappa shape index (κ3) is 7.14. The van der Waals surface area contributed by atoms with Gasteiger partial charge in [-0.3, -0.25) is 4.79 Å². The van der Waals surface area contributed by atoms with Crippen molar-refractivity contribution in [3.63, 3.8) is 0 Å². The van der Waals surface area contributed by atoms with Gasteiger partial charge in [0.05, 0.1) is 12.7 Å². The van der Waals surface area contributed by atoms with Crippen molar-refractivity contribution in [3.8, 4) is 5.75 Å². The molecule has 4 nitrogen and oxygen atoms in total. The number of nitrogens with one attached hydrogen (secondary N) is 1. The van der Waals surface area contributed by atoms with Gasteiger partial charge in [0.1, 0.15) is 5.75 Å². The van der Waals surface area contributed by atoms with E-state index in [-0.39, 0.29) is 17.8 Å². The average molecular weight is 279 g/mol. The summed E-state index contributed by atoms with van der Waals surface area (Å²) in [4.78, 5) is 11.7.